The molecule has 1 aromatic rings. The van der Waals surface area contributed by atoms with Crippen molar-refractivity contribution in [3.8, 4) is 5.75 Å². The van der Waals surface area contributed by atoms with Crippen LogP contribution in [0.1, 0.15) is 51.0 Å². The summed E-state index contributed by atoms with van der Waals surface area (Å²) in [5.74, 6) is 1.58. The van der Waals surface area contributed by atoms with Gasteiger partial charge in [-0.05, 0) is 24.1 Å². The maximum Gasteiger partial charge on any atom is 0.416 e. The van der Waals surface area contributed by atoms with E-state index in [1.165, 1.54) is 29.7 Å². The molecule has 0 unspecified atom stereocenters. The number of hydrogen-bond donors (Lipinski definition) is 0. The second kappa shape index (κ2) is 11.1. The average molecular weight is 380 g/mol. The zero-order valence-electron chi connectivity index (χ0n) is 15.7. The number of rotatable bonds is 11. The van der Waals surface area contributed by atoms with Crippen LogP contribution in [0.15, 0.2) is 24.3 Å². The van der Waals surface area contributed by atoms with Crippen molar-refractivity contribution in [3.63, 3.8) is 0 Å². The molecule has 0 bridgehead atoms. The topological polar surface area (TPSA) is 55.8 Å². The van der Waals surface area contributed by atoms with Gasteiger partial charge in [-0.25, -0.2) is 9.69 Å². The van der Waals surface area contributed by atoms with Crippen LogP contribution in [-0.4, -0.2) is 42.4 Å². The molecule has 0 aliphatic carbocycles. The van der Waals surface area contributed by atoms with Gasteiger partial charge in [-0.2, -0.15) is 11.8 Å². The van der Waals surface area contributed by atoms with Crippen LogP contribution in [0.2, 0.25) is 0 Å². The van der Waals surface area contributed by atoms with Crippen LogP contribution < -0.4 is 4.74 Å². The summed E-state index contributed by atoms with van der Waals surface area (Å²) in [6.07, 6.45) is 5.61. The van der Waals surface area contributed by atoms with Crippen molar-refractivity contribution in [3.05, 3.63) is 29.8 Å². The molecule has 1 fully saturated rings. The van der Waals surface area contributed by atoms with E-state index >= 15 is 0 Å². The number of carbonyl (C=O) groups excluding carboxylic acids is 2. The lowest BCUT2D eigenvalue weighted by Crippen LogP contribution is -2.33. The molecule has 1 aromatic carbocycles. The van der Waals surface area contributed by atoms with Crippen LogP contribution in [0.5, 0.6) is 5.75 Å². The summed E-state index contributed by atoms with van der Waals surface area (Å²) < 4.78 is 10.1. The SMILES string of the molecule is CCCCCC[C@@H](CC(=O)N1CCOC1=O)SCc1ccc(OC)cc1. The second-order valence-corrected chi connectivity index (χ2v) is 7.78. The minimum Gasteiger partial charge on any atom is -0.497 e. The minimum absolute atomic E-state index is 0.116. The number of methoxy groups -OCH3 is 1. The molecule has 0 N–H and O–H groups in total. The molecule has 1 heterocycles. The number of cyclic esters (lactones) is 1. The molecule has 1 saturated heterocycles. The van der Waals surface area contributed by atoms with E-state index in [4.69, 9.17) is 9.47 Å². The van der Waals surface area contributed by atoms with E-state index in [2.05, 4.69) is 19.1 Å². The maximum absolute atomic E-state index is 12.4. The van der Waals surface area contributed by atoms with Gasteiger partial charge in [0.1, 0.15) is 12.4 Å². The first-order chi connectivity index (χ1) is 12.6. The van der Waals surface area contributed by atoms with E-state index in [-0.39, 0.29) is 11.2 Å². The fourth-order valence-corrected chi connectivity index (χ4v) is 4.12. The summed E-state index contributed by atoms with van der Waals surface area (Å²) in [6.45, 7) is 2.88. The molecule has 1 aliphatic rings. The number of unbranched alkanes of at least 4 members (excludes halogenated alkanes) is 3. The highest BCUT2D eigenvalue weighted by molar-refractivity contribution is 7.99. The Kier molecular flexibility index (Phi) is 8.81. The van der Waals surface area contributed by atoms with Crippen molar-refractivity contribution in [2.45, 2.75) is 56.5 Å². The van der Waals surface area contributed by atoms with Crippen molar-refractivity contribution >= 4 is 23.8 Å². The van der Waals surface area contributed by atoms with Gasteiger partial charge < -0.3 is 9.47 Å². The minimum atomic E-state index is -0.500. The van der Waals surface area contributed by atoms with Crippen molar-refractivity contribution in [1.29, 1.82) is 0 Å². The lowest BCUT2D eigenvalue weighted by atomic mass is 10.1. The lowest BCUT2D eigenvalue weighted by molar-refractivity contribution is -0.127. The number of amides is 2. The highest BCUT2D eigenvalue weighted by Crippen LogP contribution is 2.27. The summed E-state index contributed by atoms with van der Waals surface area (Å²) in [4.78, 5) is 25.3. The molecular formula is C20H29NO4S. The Morgan fingerprint density at radius 1 is 1.27 bits per heavy atom. The fourth-order valence-electron chi connectivity index (χ4n) is 2.90. The molecule has 5 nitrogen and oxygen atoms in total. The van der Waals surface area contributed by atoms with E-state index in [0.29, 0.717) is 19.6 Å². The summed E-state index contributed by atoms with van der Waals surface area (Å²) in [6, 6.07) is 8.02. The molecule has 2 amide bonds. The Morgan fingerprint density at radius 3 is 2.65 bits per heavy atom. The van der Waals surface area contributed by atoms with E-state index in [1.807, 2.05) is 12.1 Å². The summed E-state index contributed by atoms with van der Waals surface area (Å²) in [7, 11) is 1.66. The first kappa shape index (κ1) is 20.6. The van der Waals surface area contributed by atoms with Gasteiger partial charge in [0.15, 0.2) is 0 Å². The Hall–Kier alpha value is -1.69. The van der Waals surface area contributed by atoms with Crippen LogP contribution in [0, 0.1) is 0 Å². The third kappa shape index (κ3) is 6.56. The van der Waals surface area contributed by atoms with Gasteiger partial charge in [0.2, 0.25) is 5.91 Å². The normalized spacial score (nSPS) is 15.0. The number of nitrogens with zero attached hydrogens (tertiary/aromatic N) is 1. The first-order valence-corrected chi connectivity index (χ1v) is 10.4. The largest absolute Gasteiger partial charge is 0.497 e. The lowest BCUT2D eigenvalue weighted by Gasteiger charge is -2.19. The predicted molar refractivity (Wildman–Crippen MR) is 105 cm³/mol. The molecule has 144 valence electrons. The smallest absolute Gasteiger partial charge is 0.416 e. The van der Waals surface area contributed by atoms with Gasteiger partial charge in [0.05, 0.1) is 13.7 Å². The number of thioether (sulfide) groups is 1. The van der Waals surface area contributed by atoms with Crippen molar-refractivity contribution in [2.24, 2.45) is 0 Å². The maximum atomic E-state index is 12.4. The number of benzene rings is 1. The molecule has 2 rings (SSSR count). The van der Waals surface area contributed by atoms with Gasteiger partial charge in [-0.15, -0.1) is 0 Å². The van der Waals surface area contributed by atoms with Crippen LogP contribution in [0.25, 0.3) is 0 Å². The highest BCUT2D eigenvalue weighted by Gasteiger charge is 2.29. The highest BCUT2D eigenvalue weighted by atomic mass is 32.2. The standard InChI is InChI=1S/C20H29NO4S/c1-3-4-5-6-7-18(14-19(22)21-12-13-25-20(21)23)26-15-16-8-10-17(24-2)11-9-16/h8-11,18H,3-7,12-15H2,1-2H3/t18-/m0/s1. The Bertz CT molecular complexity index is 576. The van der Waals surface area contributed by atoms with Crippen LogP contribution in [0.3, 0.4) is 0 Å². The van der Waals surface area contributed by atoms with Gasteiger partial charge in [-0.1, -0.05) is 44.7 Å². The van der Waals surface area contributed by atoms with Gasteiger partial charge in [-0.3, -0.25) is 4.79 Å². The number of imide groups is 1. The summed E-state index contributed by atoms with van der Waals surface area (Å²) >= 11 is 1.79. The van der Waals surface area contributed by atoms with Crippen molar-refractivity contribution in [2.75, 3.05) is 20.3 Å². The molecule has 0 radical (unpaired) electrons. The molecule has 0 spiro atoms. The number of ether oxygens (including phenoxy) is 2. The number of hydrogen-bond acceptors (Lipinski definition) is 5. The van der Waals surface area contributed by atoms with Gasteiger partial charge >= 0.3 is 6.09 Å². The van der Waals surface area contributed by atoms with Crippen molar-refractivity contribution in [1.82, 2.24) is 4.90 Å². The molecule has 0 aromatic heterocycles. The first-order valence-electron chi connectivity index (χ1n) is 9.35. The van der Waals surface area contributed by atoms with Gasteiger partial charge in [0.25, 0.3) is 0 Å². The van der Waals surface area contributed by atoms with E-state index in [9.17, 15) is 9.59 Å². The number of carbonyl (C=O) groups is 2. The zero-order valence-corrected chi connectivity index (χ0v) is 16.6. The van der Waals surface area contributed by atoms with E-state index in [0.717, 1.165) is 24.3 Å². The molecule has 6 heteroatoms. The average Bonchev–Trinajstić information content (AvgIpc) is 3.09. The van der Waals surface area contributed by atoms with E-state index in [1.54, 1.807) is 18.9 Å². The van der Waals surface area contributed by atoms with Crippen LogP contribution in [-0.2, 0) is 15.3 Å². The monoisotopic (exact) mass is 379 g/mol. The molecule has 26 heavy (non-hydrogen) atoms. The molecule has 1 aliphatic heterocycles. The molecular weight excluding hydrogens is 350 g/mol. The fraction of sp³-hybridized carbons (Fsp3) is 0.600. The quantitative estimate of drug-likeness (QED) is 0.524. The van der Waals surface area contributed by atoms with Gasteiger partial charge in [0, 0.05) is 17.4 Å². The molecule has 0 saturated carbocycles. The Labute approximate surface area is 160 Å². The van der Waals surface area contributed by atoms with Crippen LogP contribution in [0.4, 0.5) is 4.79 Å². The van der Waals surface area contributed by atoms with E-state index < -0.39 is 6.09 Å². The predicted octanol–water partition coefficient (Wildman–Crippen LogP) is 4.64. The summed E-state index contributed by atoms with van der Waals surface area (Å²) in [5, 5.41) is 0.217. The summed E-state index contributed by atoms with van der Waals surface area (Å²) in [5.41, 5.74) is 1.21. The third-order valence-electron chi connectivity index (χ3n) is 4.49. The Morgan fingerprint density at radius 2 is 2.04 bits per heavy atom. The van der Waals surface area contributed by atoms with Crippen LogP contribution >= 0.6 is 11.8 Å². The van der Waals surface area contributed by atoms with Crippen molar-refractivity contribution < 1.29 is 19.1 Å². The second-order valence-electron chi connectivity index (χ2n) is 6.49. The Balaban J connectivity index is 1.88. The third-order valence-corrected chi connectivity index (χ3v) is 5.86. The molecule has 1 atom stereocenters. The zero-order chi connectivity index (χ0) is 18.8.